The van der Waals surface area contributed by atoms with E-state index in [2.05, 4.69) is 11.7 Å². The molecule has 0 aliphatic heterocycles. The fourth-order valence-corrected chi connectivity index (χ4v) is 1.05. The van der Waals surface area contributed by atoms with Gasteiger partial charge < -0.3 is 12.6 Å². The van der Waals surface area contributed by atoms with Crippen LogP contribution in [0, 0.1) is 0 Å². The number of aryl methyl sites for hydroxylation is 1. The van der Waals surface area contributed by atoms with Crippen LogP contribution in [-0.4, -0.2) is 9.78 Å². The highest BCUT2D eigenvalue weighted by Gasteiger charge is 2.07. The van der Waals surface area contributed by atoms with Crippen LogP contribution in [0.3, 0.4) is 0 Å². The van der Waals surface area contributed by atoms with Crippen molar-refractivity contribution in [3.05, 3.63) is 12.4 Å². The standard InChI is InChI=1S/C6H9N3S/c1-4-5-8(2)6(10)7-9(5)3/h4H,1H2,2-3H3. The molecule has 1 heterocycles. The zero-order valence-corrected chi connectivity index (χ0v) is 6.85. The minimum Gasteiger partial charge on any atom is -0.703 e. The summed E-state index contributed by atoms with van der Waals surface area (Å²) in [6.45, 7) is 3.64. The van der Waals surface area contributed by atoms with Crippen LogP contribution in [0.4, 0.5) is 0 Å². The van der Waals surface area contributed by atoms with Crippen molar-refractivity contribution in [2.24, 2.45) is 14.1 Å². The van der Waals surface area contributed by atoms with E-state index in [1.807, 2.05) is 18.7 Å². The first kappa shape index (κ1) is 7.21. The number of hydrogen-bond acceptors (Lipinski definition) is 2. The molecule has 54 valence electrons. The van der Waals surface area contributed by atoms with Gasteiger partial charge in [0.25, 0.3) is 5.82 Å². The van der Waals surface area contributed by atoms with E-state index in [1.54, 1.807) is 10.8 Å². The summed E-state index contributed by atoms with van der Waals surface area (Å²) in [7, 11) is 3.71. The summed E-state index contributed by atoms with van der Waals surface area (Å²) in [5, 5.41) is 4.59. The topological polar surface area (TPSA) is 21.7 Å². The Morgan fingerprint density at radius 2 is 2.40 bits per heavy atom. The third-order valence-electron chi connectivity index (χ3n) is 1.38. The minimum atomic E-state index is 0.581. The van der Waals surface area contributed by atoms with Gasteiger partial charge in [-0.15, -0.1) is 4.68 Å². The summed E-state index contributed by atoms with van der Waals surface area (Å²) < 4.78 is 3.51. The second-order valence-corrected chi connectivity index (χ2v) is 2.39. The Balaban J connectivity index is 3.33. The predicted octanol–water partition coefficient (Wildman–Crippen LogP) is -0.207. The molecular weight excluding hydrogens is 146 g/mol. The number of aromatic nitrogens is 3. The van der Waals surface area contributed by atoms with Crippen molar-refractivity contribution in [2.75, 3.05) is 0 Å². The molecule has 0 saturated heterocycles. The lowest BCUT2D eigenvalue weighted by molar-refractivity contribution is -0.711. The summed E-state index contributed by atoms with van der Waals surface area (Å²) >= 11 is 4.91. The molecular formula is C6H9N3S. The zero-order chi connectivity index (χ0) is 7.72. The van der Waals surface area contributed by atoms with E-state index in [0.29, 0.717) is 5.16 Å². The summed E-state index contributed by atoms with van der Waals surface area (Å²) in [6.07, 6.45) is 1.72. The van der Waals surface area contributed by atoms with Gasteiger partial charge in [0, 0.05) is 11.2 Å². The predicted molar refractivity (Wildman–Crippen MR) is 40.1 cm³/mol. The molecule has 4 heteroatoms. The van der Waals surface area contributed by atoms with Gasteiger partial charge in [-0.3, -0.25) is 4.57 Å². The molecule has 0 saturated carbocycles. The van der Waals surface area contributed by atoms with Crippen LogP contribution in [0.15, 0.2) is 11.7 Å². The number of nitrogens with zero attached hydrogens (tertiary/aromatic N) is 3. The van der Waals surface area contributed by atoms with Crippen molar-refractivity contribution >= 4 is 18.7 Å². The van der Waals surface area contributed by atoms with Gasteiger partial charge in [0.2, 0.25) is 0 Å². The molecule has 0 fully saturated rings. The van der Waals surface area contributed by atoms with E-state index in [0.717, 1.165) is 5.82 Å². The van der Waals surface area contributed by atoms with Gasteiger partial charge in [-0.2, -0.15) is 0 Å². The lowest BCUT2D eigenvalue weighted by atomic mass is 10.6. The second-order valence-electron chi connectivity index (χ2n) is 2.03. The van der Waals surface area contributed by atoms with E-state index in [4.69, 9.17) is 12.6 Å². The van der Waals surface area contributed by atoms with Crippen molar-refractivity contribution in [1.29, 1.82) is 0 Å². The molecule has 0 N–H and O–H groups in total. The molecule has 0 aliphatic rings. The Bertz CT molecular complexity index is 264. The molecule has 0 amide bonds. The van der Waals surface area contributed by atoms with Crippen LogP contribution in [0.1, 0.15) is 5.82 Å². The van der Waals surface area contributed by atoms with Gasteiger partial charge >= 0.3 is 0 Å². The average Bonchev–Trinajstić information content (AvgIpc) is 2.09. The highest BCUT2D eigenvalue weighted by Crippen LogP contribution is 1.92. The maximum atomic E-state index is 4.91. The highest BCUT2D eigenvalue weighted by atomic mass is 32.1. The number of hydrogen-bond donors (Lipinski definition) is 0. The average molecular weight is 155 g/mol. The van der Waals surface area contributed by atoms with Crippen molar-refractivity contribution in [3.63, 3.8) is 0 Å². The maximum Gasteiger partial charge on any atom is 0.257 e. The lowest BCUT2D eigenvalue weighted by Crippen LogP contribution is -2.32. The fraction of sp³-hybridized carbons (Fsp3) is 0.333. The summed E-state index contributed by atoms with van der Waals surface area (Å²) in [5.74, 6) is 0.921. The van der Waals surface area contributed by atoms with Crippen LogP contribution in [0.5, 0.6) is 0 Å². The number of rotatable bonds is 1. The van der Waals surface area contributed by atoms with Crippen LogP contribution >= 0.6 is 0 Å². The second kappa shape index (κ2) is 2.38. The molecule has 0 aromatic carbocycles. The van der Waals surface area contributed by atoms with Crippen molar-refractivity contribution in [3.8, 4) is 0 Å². The van der Waals surface area contributed by atoms with Crippen molar-refractivity contribution < 1.29 is 4.57 Å². The van der Waals surface area contributed by atoms with Gasteiger partial charge in [0.15, 0.2) is 5.16 Å². The summed E-state index contributed by atoms with van der Waals surface area (Å²) in [4.78, 5) is 0. The summed E-state index contributed by atoms with van der Waals surface area (Å²) in [5.41, 5.74) is 0. The van der Waals surface area contributed by atoms with Gasteiger partial charge in [-0.25, -0.2) is 0 Å². The molecule has 0 aliphatic carbocycles. The van der Waals surface area contributed by atoms with Gasteiger partial charge in [0.1, 0.15) is 0 Å². The smallest absolute Gasteiger partial charge is 0.257 e. The van der Waals surface area contributed by atoms with Crippen LogP contribution < -0.4 is 4.57 Å². The zero-order valence-electron chi connectivity index (χ0n) is 6.03. The van der Waals surface area contributed by atoms with E-state index in [-0.39, 0.29) is 0 Å². The SMILES string of the molecule is C=Cc1n(C)nc([S-])[n+]1C. The molecule has 0 bridgehead atoms. The molecule has 1 aromatic heterocycles. The lowest BCUT2D eigenvalue weighted by Gasteiger charge is -1.93. The Morgan fingerprint density at radius 3 is 2.60 bits per heavy atom. The molecule has 0 spiro atoms. The Kier molecular flexibility index (Phi) is 1.72. The van der Waals surface area contributed by atoms with E-state index >= 15 is 0 Å². The largest absolute Gasteiger partial charge is 0.703 e. The molecule has 10 heavy (non-hydrogen) atoms. The molecule has 0 unspecified atom stereocenters. The monoisotopic (exact) mass is 155 g/mol. The van der Waals surface area contributed by atoms with Crippen LogP contribution in [0.2, 0.25) is 0 Å². The van der Waals surface area contributed by atoms with E-state index in [1.165, 1.54) is 0 Å². The quantitative estimate of drug-likeness (QED) is 0.413. The third kappa shape index (κ3) is 0.903. The van der Waals surface area contributed by atoms with Crippen LogP contribution in [-0.2, 0) is 26.7 Å². The Labute approximate surface area is 65.4 Å². The fourth-order valence-electron chi connectivity index (χ4n) is 0.831. The minimum absolute atomic E-state index is 0.581. The first-order valence-electron chi connectivity index (χ1n) is 2.89. The summed E-state index contributed by atoms with van der Waals surface area (Å²) in [6, 6.07) is 0. The first-order chi connectivity index (χ1) is 4.66. The highest BCUT2D eigenvalue weighted by molar-refractivity contribution is 7.58. The Morgan fingerprint density at radius 1 is 1.80 bits per heavy atom. The van der Waals surface area contributed by atoms with E-state index < -0.39 is 0 Å². The van der Waals surface area contributed by atoms with Gasteiger partial charge in [-0.1, -0.05) is 6.58 Å². The van der Waals surface area contributed by atoms with Crippen molar-refractivity contribution in [2.45, 2.75) is 5.16 Å². The molecule has 3 nitrogen and oxygen atoms in total. The molecule has 0 atom stereocenters. The first-order valence-corrected chi connectivity index (χ1v) is 3.30. The van der Waals surface area contributed by atoms with Crippen LogP contribution in [0.25, 0.3) is 6.08 Å². The molecule has 0 radical (unpaired) electrons. The van der Waals surface area contributed by atoms with Gasteiger partial charge in [-0.05, 0) is 0 Å². The normalized spacial score (nSPS) is 9.80. The Hall–Kier alpha value is -0.900. The maximum absolute atomic E-state index is 4.91. The molecule has 1 rings (SSSR count). The molecule has 1 aromatic rings. The van der Waals surface area contributed by atoms with Gasteiger partial charge in [0.05, 0.1) is 14.1 Å². The third-order valence-corrected chi connectivity index (χ3v) is 1.74. The van der Waals surface area contributed by atoms with Crippen molar-refractivity contribution in [1.82, 2.24) is 9.78 Å². The van der Waals surface area contributed by atoms with E-state index in [9.17, 15) is 0 Å².